The fourth-order valence-electron chi connectivity index (χ4n) is 6.13. The standard InChI is InChI=1S/C41H28Cl2N5/c42-34-26-14-13-25-33(34)41-44-39(31-21-9-3-10-22-31)40(32-23-11-4-12-24-32)47(41)48(36-28-16-15-27-35(36)43)45-37(29-17-5-1-6-18-29)38(46-48)30-19-7-2-8-20-30/h1-28H/q+1. The molecule has 1 aromatic heterocycles. The molecule has 230 valence electrons. The van der Waals surface area contributed by atoms with Gasteiger partial charge >= 0.3 is 0 Å². The van der Waals surface area contributed by atoms with Crippen molar-refractivity contribution in [3.8, 4) is 33.9 Å². The van der Waals surface area contributed by atoms with Gasteiger partial charge in [-0.25, -0.2) is 4.98 Å². The summed E-state index contributed by atoms with van der Waals surface area (Å²) in [6, 6.07) is 56.1. The molecule has 0 atom stereocenters. The fraction of sp³-hybridized carbons (Fsp3) is 0. The van der Waals surface area contributed by atoms with Crippen LogP contribution in [0.2, 0.25) is 10.0 Å². The molecule has 1 aliphatic rings. The summed E-state index contributed by atoms with van der Waals surface area (Å²) < 4.78 is 2.07. The van der Waals surface area contributed by atoms with Crippen LogP contribution in [0.5, 0.6) is 0 Å². The summed E-state index contributed by atoms with van der Waals surface area (Å²) in [4.78, 5) is 5.02. The fourth-order valence-corrected chi connectivity index (χ4v) is 6.60. The Morgan fingerprint density at radius 1 is 0.438 bits per heavy atom. The van der Waals surface area contributed by atoms with Crippen molar-refractivity contribution < 1.29 is 0 Å². The molecule has 7 aromatic rings. The molecule has 2 heterocycles. The summed E-state index contributed by atoms with van der Waals surface area (Å²) in [6.45, 7) is 0. The molecule has 0 spiro atoms. The maximum absolute atomic E-state index is 7.17. The maximum Gasteiger partial charge on any atom is 0.233 e. The zero-order valence-electron chi connectivity index (χ0n) is 25.7. The number of benzene rings is 6. The lowest BCUT2D eigenvalue weighted by Crippen LogP contribution is -2.43. The molecule has 0 amide bonds. The van der Waals surface area contributed by atoms with Gasteiger partial charge in [-0.3, -0.25) is 0 Å². The highest BCUT2D eigenvalue weighted by molar-refractivity contribution is 6.54. The summed E-state index contributed by atoms with van der Waals surface area (Å²) in [5.74, 6) is 0.590. The largest absolute Gasteiger partial charge is 0.233 e. The van der Waals surface area contributed by atoms with Gasteiger partial charge in [-0.1, -0.05) is 169 Å². The highest BCUT2D eigenvalue weighted by Gasteiger charge is 2.49. The highest BCUT2D eigenvalue weighted by atomic mass is 35.5. The Morgan fingerprint density at radius 3 is 1.40 bits per heavy atom. The third kappa shape index (κ3) is 5.15. The molecule has 0 aliphatic carbocycles. The molecule has 0 bridgehead atoms. The number of quaternary nitrogens is 1. The predicted molar refractivity (Wildman–Crippen MR) is 198 cm³/mol. The van der Waals surface area contributed by atoms with Crippen molar-refractivity contribution in [2.45, 2.75) is 0 Å². The summed E-state index contributed by atoms with van der Waals surface area (Å²) >= 11 is 14.2. The summed E-state index contributed by atoms with van der Waals surface area (Å²) in [7, 11) is 0. The van der Waals surface area contributed by atoms with Crippen molar-refractivity contribution in [3.05, 3.63) is 191 Å². The zero-order chi connectivity index (χ0) is 32.5. The first kappa shape index (κ1) is 29.8. The number of hydrogen-bond donors (Lipinski definition) is 0. The molecule has 48 heavy (non-hydrogen) atoms. The van der Waals surface area contributed by atoms with E-state index in [1.807, 2.05) is 121 Å². The Bertz CT molecular complexity index is 2240. The smallest absolute Gasteiger partial charge is 0.222 e. The van der Waals surface area contributed by atoms with E-state index in [1.165, 1.54) is 0 Å². The Labute approximate surface area is 288 Å². The number of rotatable bonds is 7. The number of hydrogen-bond acceptors (Lipinski definition) is 3. The molecule has 0 unspecified atom stereocenters. The Kier molecular flexibility index (Phi) is 7.79. The van der Waals surface area contributed by atoms with E-state index in [0.29, 0.717) is 21.6 Å². The van der Waals surface area contributed by atoms with Gasteiger partial charge in [0.1, 0.15) is 16.4 Å². The van der Waals surface area contributed by atoms with Crippen molar-refractivity contribution in [2.24, 2.45) is 10.2 Å². The van der Waals surface area contributed by atoms with Crippen LogP contribution in [0.15, 0.2) is 180 Å². The van der Waals surface area contributed by atoms with E-state index in [4.69, 9.17) is 38.4 Å². The average Bonchev–Trinajstić information content (AvgIpc) is 3.75. The molecule has 1 aliphatic heterocycles. The summed E-state index contributed by atoms with van der Waals surface area (Å²) in [5, 5.41) is 12.3. The molecule has 8 rings (SSSR count). The number of imidazole rings is 1. The molecular weight excluding hydrogens is 633 g/mol. The lowest BCUT2D eigenvalue weighted by Gasteiger charge is -2.27. The monoisotopic (exact) mass is 660 g/mol. The summed E-state index contributed by atoms with van der Waals surface area (Å²) in [6.07, 6.45) is 0. The van der Waals surface area contributed by atoms with Gasteiger partial charge in [0.15, 0.2) is 17.2 Å². The average molecular weight is 662 g/mol. The van der Waals surface area contributed by atoms with Gasteiger partial charge in [0.2, 0.25) is 5.69 Å². The topological polar surface area (TPSA) is 42.5 Å². The van der Waals surface area contributed by atoms with E-state index in [-0.39, 0.29) is 0 Å². The molecule has 0 saturated carbocycles. The molecular formula is C41H28Cl2N5+. The van der Waals surface area contributed by atoms with Crippen LogP contribution >= 0.6 is 23.2 Å². The van der Waals surface area contributed by atoms with Gasteiger partial charge in [-0.2, -0.15) is 0 Å². The van der Waals surface area contributed by atoms with Crippen molar-refractivity contribution in [1.82, 2.24) is 14.5 Å². The Hall–Kier alpha value is -5.59. The number of halogens is 2. The summed E-state index contributed by atoms with van der Waals surface area (Å²) in [5.41, 5.74) is 8.15. The molecule has 5 nitrogen and oxygen atoms in total. The van der Waals surface area contributed by atoms with Crippen molar-refractivity contribution in [2.75, 3.05) is 0 Å². The SMILES string of the molecule is Clc1ccccc1-c1nc(-c2ccccc2)c(-c2ccccc2)n1[N+]1(c2ccccc2Cl)N=C(c2ccccc2)C(c2ccccc2)=N1. The third-order valence-electron chi connectivity index (χ3n) is 8.32. The lowest BCUT2D eigenvalue weighted by atomic mass is 10.0. The third-order valence-corrected chi connectivity index (χ3v) is 8.97. The van der Waals surface area contributed by atoms with Gasteiger partial charge in [0, 0.05) is 33.9 Å². The van der Waals surface area contributed by atoms with E-state index in [1.54, 1.807) is 0 Å². The zero-order valence-corrected chi connectivity index (χ0v) is 27.2. The second kappa shape index (κ2) is 12.5. The minimum Gasteiger partial charge on any atom is -0.222 e. The Morgan fingerprint density at radius 2 is 0.875 bits per heavy atom. The highest BCUT2D eigenvalue weighted by Crippen LogP contribution is 2.46. The van der Waals surface area contributed by atoms with Crippen LogP contribution in [0.4, 0.5) is 5.69 Å². The first-order chi connectivity index (χ1) is 23.6. The second-order valence-corrected chi connectivity index (χ2v) is 12.1. The van der Waals surface area contributed by atoms with Crippen LogP contribution in [0.1, 0.15) is 11.1 Å². The van der Waals surface area contributed by atoms with E-state index in [0.717, 1.165) is 50.6 Å². The normalized spacial score (nSPS) is 13.6. The van der Waals surface area contributed by atoms with Gasteiger partial charge in [0.05, 0.1) is 9.83 Å². The Balaban J connectivity index is 1.59. The second-order valence-electron chi connectivity index (χ2n) is 11.3. The quantitative estimate of drug-likeness (QED) is 0.157. The minimum absolute atomic E-state index is 0.390. The van der Waals surface area contributed by atoms with Crippen LogP contribution < -0.4 is 4.81 Å². The van der Waals surface area contributed by atoms with E-state index in [9.17, 15) is 0 Å². The number of nitrogens with zero attached hydrogens (tertiary/aromatic N) is 5. The first-order valence-corrected chi connectivity index (χ1v) is 16.3. The van der Waals surface area contributed by atoms with Crippen molar-refractivity contribution in [3.63, 3.8) is 0 Å². The van der Waals surface area contributed by atoms with Crippen LogP contribution in [-0.2, 0) is 0 Å². The predicted octanol–water partition coefficient (Wildman–Crippen LogP) is 10.8. The first-order valence-electron chi connectivity index (χ1n) is 15.6. The molecule has 6 aromatic carbocycles. The molecule has 7 heteroatoms. The molecule has 0 N–H and O–H groups in total. The van der Waals surface area contributed by atoms with Crippen LogP contribution in [0.3, 0.4) is 0 Å². The van der Waals surface area contributed by atoms with Crippen LogP contribution in [-0.4, -0.2) is 21.1 Å². The van der Waals surface area contributed by atoms with Crippen LogP contribution in [0, 0.1) is 0 Å². The van der Waals surface area contributed by atoms with Crippen LogP contribution in [0.25, 0.3) is 33.9 Å². The van der Waals surface area contributed by atoms with E-state index < -0.39 is 4.81 Å². The van der Waals surface area contributed by atoms with Gasteiger partial charge < -0.3 is 0 Å². The van der Waals surface area contributed by atoms with E-state index >= 15 is 0 Å². The number of aromatic nitrogens is 2. The van der Waals surface area contributed by atoms with Crippen molar-refractivity contribution in [1.29, 1.82) is 0 Å². The lowest BCUT2D eigenvalue weighted by molar-refractivity contribution is 0.237. The van der Waals surface area contributed by atoms with Gasteiger partial charge in [0.25, 0.3) is 0 Å². The van der Waals surface area contributed by atoms with Gasteiger partial charge in [-0.15, -0.1) is 4.68 Å². The van der Waals surface area contributed by atoms with Crippen molar-refractivity contribution >= 4 is 40.3 Å². The minimum atomic E-state index is -0.390. The van der Waals surface area contributed by atoms with Gasteiger partial charge in [-0.05, 0) is 28.4 Å². The molecule has 0 radical (unpaired) electrons. The maximum atomic E-state index is 7.17. The van der Waals surface area contributed by atoms with E-state index in [2.05, 4.69) is 53.2 Å². The molecule has 0 saturated heterocycles. The molecule has 0 fully saturated rings.